The van der Waals surface area contributed by atoms with Gasteiger partial charge in [-0.15, -0.1) is 0 Å². The van der Waals surface area contributed by atoms with E-state index in [9.17, 15) is 9.59 Å². The minimum absolute atomic E-state index is 0.118. The van der Waals surface area contributed by atoms with Crippen LogP contribution in [0.25, 0.3) is 6.08 Å². The van der Waals surface area contributed by atoms with E-state index >= 15 is 0 Å². The van der Waals surface area contributed by atoms with Crippen molar-refractivity contribution in [2.24, 2.45) is 4.99 Å². The number of anilines is 1. The van der Waals surface area contributed by atoms with Crippen molar-refractivity contribution in [1.29, 1.82) is 0 Å². The number of aryl methyl sites for hydroxylation is 2. The second kappa shape index (κ2) is 11.3. The van der Waals surface area contributed by atoms with Gasteiger partial charge in [0.25, 0.3) is 5.91 Å². The first kappa shape index (κ1) is 25.3. The first-order valence-corrected chi connectivity index (χ1v) is 12.7. The molecule has 0 saturated carbocycles. The molecule has 3 aromatic rings. The number of rotatable bonds is 7. The minimum Gasteiger partial charge on any atom is -0.497 e. The summed E-state index contributed by atoms with van der Waals surface area (Å²) in [7, 11) is 1.61. The lowest BCUT2D eigenvalue weighted by Crippen LogP contribution is -2.33. The molecule has 1 aliphatic heterocycles. The van der Waals surface area contributed by atoms with Crippen LogP contribution < -0.4 is 15.0 Å². The van der Waals surface area contributed by atoms with Crippen molar-refractivity contribution in [3.8, 4) is 5.75 Å². The fraction of sp³-hybridized carbons (Fsp3) is 0.207. The summed E-state index contributed by atoms with van der Waals surface area (Å²) in [5.41, 5.74) is 5.02. The zero-order valence-electron chi connectivity index (χ0n) is 20.8. The summed E-state index contributed by atoms with van der Waals surface area (Å²) in [6.45, 7) is 5.94. The van der Waals surface area contributed by atoms with Crippen molar-refractivity contribution in [1.82, 2.24) is 5.32 Å². The number of amidine groups is 1. The van der Waals surface area contributed by atoms with Crippen LogP contribution in [0.3, 0.4) is 0 Å². The van der Waals surface area contributed by atoms with Crippen LogP contribution in [0.4, 0.5) is 5.69 Å². The molecule has 0 aromatic heterocycles. The van der Waals surface area contributed by atoms with Gasteiger partial charge < -0.3 is 10.1 Å². The zero-order valence-corrected chi connectivity index (χ0v) is 21.6. The lowest BCUT2D eigenvalue weighted by molar-refractivity contribution is -0.119. The van der Waals surface area contributed by atoms with Crippen LogP contribution in [0.15, 0.2) is 83.5 Å². The van der Waals surface area contributed by atoms with Gasteiger partial charge in [-0.05, 0) is 73.4 Å². The molecule has 7 heteroatoms. The summed E-state index contributed by atoms with van der Waals surface area (Å²) in [5.74, 6) is 0.526. The number of aliphatic imine (C=N–C) groups is 1. The van der Waals surface area contributed by atoms with Crippen molar-refractivity contribution in [3.05, 3.63) is 101 Å². The lowest BCUT2D eigenvalue weighted by Gasteiger charge is -2.19. The Balaban J connectivity index is 1.57. The van der Waals surface area contributed by atoms with E-state index in [0.29, 0.717) is 10.9 Å². The average Bonchev–Trinajstić information content (AvgIpc) is 3.17. The summed E-state index contributed by atoms with van der Waals surface area (Å²) in [6, 6.07) is 23.1. The normalized spacial score (nSPS) is 15.1. The van der Waals surface area contributed by atoms with Crippen molar-refractivity contribution >= 4 is 40.5 Å². The molecule has 4 rings (SSSR count). The number of hydrogen-bond donors (Lipinski definition) is 1. The third-order valence-electron chi connectivity index (χ3n) is 5.72. The topological polar surface area (TPSA) is 71.0 Å². The highest BCUT2D eigenvalue weighted by Gasteiger charge is 2.32. The monoisotopic (exact) mass is 499 g/mol. The number of carbonyl (C=O) groups is 2. The Kier molecular flexibility index (Phi) is 7.90. The number of carbonyl (C=O) groups excluding carboxylic acids is 2. The number of nitrogens with zero attached hydrogens (tertiary/aromatic N) is 2. The molecule has 184 valence electrons. The Bertz CT molecular complexity index is 1300. The van der Waals surface area contributed by atoms with Crippen LogP contribution in [-0.4, -0.2) is 29.8 Å². The molecular weight excluding hydrogens is 470 g/mol. The zero-order chi connectivity index (χ0) is 25.7. The Morgan fingerprint density at radius 1 is 1.06 bits per heavy atom. The molecule has 1 heterocycles. The first-order valence-electron chi connectivity index (χ1n) is 11.7. The highest BCUT2D eigenvalue weighted by Crippen LogP contribution is 2.31. The maximum absolute atomic E-state index is 13.5. The number of hydrogen-bond acceptors (Lipinski definition) is 5. The van der Waals surface area contributed by atoms with E-state index in [0.717, 1.165) is 33.7 Å². The number of thioether (sulfide) groups is 1. The predicted molar refractivity (Wildman–Crippen MR) is 147 cm³/mol. The standard InChI is InChI=1S/C29H29N3O3S/c1-19-14-20(2)16-24(15-19)32-28(34)26(17-22-10-12-25(35-4)13-11-22)31-29(32)36-18-27(33)30-21(3)23-8-6-5-7-9-23/h5-17,21H,18H2,1-4H3,(H,30,33)/b26-17-/t21-/m1/s1. The van der Waals surface area contributed by atoms with Gasteiger partial charge in [-0.25, -0.2) is 4.99 Å². The summed E-state index contributed by atoms with van der Waals surface area (Å²) in [6.07, 6.45) is 1.75. The fourth-order valence-corrected chi connectivity index (χ4v) is 4.82. The van der Waals surface area contributed by atoms with Crippen LogP contribution in [-0.2, 0) is 9.59 Å². The average molecular weight is 500 g/mol. The molecule has 1 N–H and O–H groups in total. The van der Waals surface area contributed by atoms with Crippen molar-refractivity contribution in [2.45, 2.75) is 26.8 Å². The maximum atomic E-state index is 13.5. The maximum Gasteiger partial charge on any atom is 0.283 e. The quantitative estimate of drug-likeness (QED) is 0.426. The second-order valence-electron chi connectivity index (χ2n) is 8.67. The van der Waals surface area contributed by atoms with E-state index in [-0.39, 0.29) is 23.6 Å². The Morgan fingerprint density at radius 3 is 2.36 bits per heavy atom. The van der Waals surface area contributed by atoms with Gasteiger partial charge in [0.2, 0.25) is 5.91 Å². The molecule has 1 atom stereocenters. The molecule has 6 nitrogen and oxygen atoms in total. The third-order valence-corrected chi connectivity index (χ3v) is 6.66. The second-order valence-corrected chi connectivity index (χ2v) is 9.61. The summed E-state index contributed by atoms with van der Waals surface area (Å²) < 4.78 is 5.22. The van der Waals surface area contributed by atoms with Gasteiger partial charge in [0.15, 0.2) is 5.17 Å². The van der Waals surface area contributed by atoms with Gasteiger partial charge in [-0.1, -0.05) is 60.3 Å². The van der Waals surface area contributed by atoms with Crippen LogP contribution in [0.1, 0.15) is 35.2 Å². The van der Waals surface area contributed by atoms with Crippen molar-refractivity contribution in [2.75, 3.05) is 17.8 Å². The number of methoxy groups -OCH3 is 1. The molecule has 3 aromatic carbocycles. The highest BCUT2D eigenvalue weighted by atomic mass is 32.2. The minimum atomic E-state index is -0.226. The van der Waals surface area contributed by atoms with E-state index in [2.05, 4.69) is 16.4 Å². The third kappa shape index (κ3) is 6.04. The molecule has 36 heavy (non-hydrogen) atoms. The summed E-state index contributed by atoms with van der Waals surface area (Å²) >= 11 is 1.25. The van der Waals surface area contributed by atoms with Gasteiger partial charge in [0.05, 0.1) is 24.6 Å². The largest absolute Gasteiger partial charge is 0.497 e. The first-order chi connectivity index (χ1) is 17.3. The Hall–Kier alpha value is -3.84. The Labute approximate surface area is 216 Å². The van der Waals surface area contributed by atoms with E-state index < -0.39 is 0 Å². The van der Waals surface area contributed by atoms with Crippen LogP contribution in [0.5, 0.6) is 5.75 Å². The molecule has 0 spiro atoms. The molecule has 0 bridgehead atoms. The summed E-state index contributed by atoms with van der Waals surface area (Å²) in [5, 5.41) is 3.50. The van der Waals surface area contributed by atoms with Gasteiger partial charge in [0, 0.05) is 0 Å². The highest BCUT2D eigenvalue weighted by molar-refractivity contribution is 8.14. The van der Waals surface area contributed by atoms with Gasteiger partial charge >= 0.3 is 0 Å². The number of nitrogens with one attached hydrogen (secondary N) is 1. The van der Waals surface area contributed by atoms with Gasteiger partial charge in [0.1, 0.15) is 11.4 Å². The van der Waals surface area contributed by atoms with Gasteiger partial charge in [-0.2, -0.15) is 0 Å². The van der Waals surface area contributed by atoms with Crippen LogP contribution in [0, 0.1) is 13.8 Å². The number of ether oxygens (including phenoxy) is 1. The van der Waals surface area contributed by atoms with Gasteiger partial charge in [-0.3, -0.25) is 14.5 Å². The molecule has 0 saturated heterocycles. The van der Waals surface area contributed by atoms with E-state index in [1.54, 1.807) is 18.1 Å². The molecule has 0 radical (unpaired) electrons. The van der Waals surface area contributed by atoms with E-state index in [4.69, 9.17) is 4.74 Å². The molecule has 0 unspecified atom stereocenters. The number of amides is 2. The predicted octanol–water partition coefficient (Wildman–Crippen LogP) is 5.67. The van der Waals surface area contributed by atoms with Crippen molar-refractivity contribution in [3.63, 3.8) is 0 Å². The van der Waals surface area contributed by atoms with E-state index in [1.807, 2.05) is 87.5 Å². The summed E-state index contributed by atoms with van der Waals surface area (Å²) in [4.78, 5) is 32.4. The SMILES string of the molecule is COc1ccc(/C=C2\N=C(SCC(=O)N[C@H](C)c3ccccc3)N(c3cc(C)cc(C)c3)C2=O)cc1. The molecular formula is C29H29N3O3S. The fourth-order valence-electron chi connectivity index (χ4n) is 4.00. The van der Waals surface area contributed by atoms with Crippen LogP contribution in [0.2, 0.25) is 0 Å². The lowest BCUT2D eigenvalue weighted by atomic mass is 10.1. The molecule has 2 amide bonds. The van der Waals surface area contributed by atoms with Crippen LogP contribution >= 0.6 is 11.8 Å². The molecule has 1 aliphatic rings. The van der Waals surface area contributed by atoms with E-state index in [1.165, 1.54) is 11.8 Å². The number of benzene rings is 3. The smallest absolute Gasteiger partial charge is 0.283 e. The molecule has 0 fully saturated rings. The molecule has 0 aliphatic carbocycles. The van der Waals surface area contributed by atoms with Crippen molar-refractivity contribution < 1.29 is 14.3 Å². The Morgan fingerprint density at radius 2 is 1.72 bits per heavy atom.